The van der Waals surface area contributed by atoms with E-state index >= 15 is 0 Å². The molecule has 0 radical (unpaired) electrons. The van der Waals surface area contributed by atoms with Gasteiger partial charge in [-0.1, -0.05) is 18.2 Å². The van der Waals surface area contributed by atoms with Gasteiger partial charge in [-0.3, -0.25) is 0 Å². The maximum absolute atomic E-state index is 5.61. The number of halogens is 1. The highest BCUT2D eigenvalue weighted by Gasteiger charge is 2.17. The minimum atomic E-state index is 0. The fourth-order valence-electron chi connectivity index (χ4n) is 3.44. The summed E-state index contributed by atoms with van der Waals surface area (Å²) in [5, 5.41) is 3.37. The third kappa shape index (κ3) is 7.53. The molecule has 0 amide bonds. The predicted octanol–water partition coefficient (Wildman–Crippen LogP) is 3.53. The van der Waals surface area contributed by atoms with Crippen LogP contribution in [0.3, 0.4) is 0 Å². The van der Waals surface area contributed by atoms with Gasteiger partial charge >= 0.3 is 0 Å². The first-order valence-corrected chi connectivity index (χ1v) is 10.5. The number of hydrogen-bond donors (Lipinski definition) is 1. The van der Waals surface area contributed by atoms with Crippen LogP contribution < -0.4 is 15.0 Å². The van der Waals surface area contributed by atoms with Gasteiger partial charge in [0.15, 0.2) is 5.96 Å². The summed E-state index contributed by atoms with van der Waals surface area (Å²) in [6.07, 6.45) is 2.17. The number of guanidine groups is 1. The molecule has 1 aromatic carbocycles. The minimum Gasteiger partial charge on any atom is -0.497 e. The Morgan fingerprint density at radius 2 is 2.00 bits per heavy atom. The monoisotopic (exact) mass is 539 g/mol. The molecule has 1 aliphatic rings. The summed E-state index contributed by atoms with van der Waals surface area (Å²) < 4.78 is 10.8. The molecular weight excluding hydrogens is 505 g/mol. The number of aromatic nitrogens is 1. The SMILES string of the molecule is CCNC(=NCc1ccc(N2CCOC(C)C2)nc1)N(C)Cc1ccc(OC)cc1.I. The zero-order valence-corrected chi connectivity index (χ0v) is 21.2. The summed E-state index contributed by atoms with van der Waals surface area (Å²) in [5.41, 5.74) is 2.29. The topological polar surface area (TPSA) is 62.2 Å². The molecule has 3 rings (SSSR count). The van der Waals surface area contributed by atoms with Gasteiger partial charge in [0.25, 0.3) is 0 Å². The zero-order chi connectivity index (χ0) is 21.3. The second-order valence-corrected chi connectivity index (χ2v) is 7.53. The van der Waals surface area contributed by atoms with Gasteiger partial charge in [-0.2, -0.15) is 0 Å². The molecule has 1 unspecified atom stereocenters. The van der Waals surface area contributed by atoms with E-state index in [1.807, 2.05) is 25.4 Å². The van der Waals surface area contributed by atoms with Crippen molar-refractivity contribution >= 4 is 35.8 Å². The molecule has 1 N–H and O–H groups in total. The first-order valence-electron chi connectivity index (χ1n) is 10.5. The Morgan fingerprint density at radius 3 is 2.61 bits per heavy atom. The lowest BCUT2D eigenvalue weighted by Crippen LogP contribution is -2.41. The van der Waals surface area contributed by atoms with Crippen molar-refractivity contribution in [1.29, 1.82) is 0 Å². The van der Waals surface area contributed by atoms with E-state index in [0.717, 1.165) is 55.9 Å². The molecule has 1 atom stereocenters. The summed E-state index contributed by atoms with van der Waals surface area (Å²) in [5.74, 6) is 2.74. The van der Waals surface area contributed by atoms with Crippen LogP contribution >= 0.6 is 24.0 Å². The smallest absolute Gasteiger partial charge is 0.194 e. The Balaban J connectivity index is 0.00000341. The van der Waals surface area contributed by atoms with E-state index in [1.165, 1.54) is 5.56 Å². The Labute approximate surface area is 202 Å². The maximum Gasteiger partial charge on any atom is 0.194 e. The molecule has 1 aliphatic heterocycles. The third-order valence-corrected chi connectivity index (χ3v) is 5.06. The molecule has 170 valence electrons. The molecule has 2 heterocycles. The molecule has 0 bridgehead atoms. The number of nitrogens with zero attached hydrogens (tertiary/aromatic N) is 4. The summed E-state index contributed by atoms with van der Waals surface area (Å²) in [6, 6.07) is 12.3. The normalized spacial score (nSPS) is 16.5. The van der Waals surface area contributed by atoms with Crippen molar-refractivity contribution in [2.24, 2.45) is 4.99 Å². The number of ether oxygens (including phenoxy) is 2. The molecule has 0 spiro atoms. The lowest BCUT2D eigenvalue weighted by molar-refractivity contribution is 0.0529. The number of rotatable bonds is 7. The fraction of sp³-hybridized carbons (Fsp3) is 0.478. The quantitative estimate of drug-likeness (QED) is 0.330. The molecule has 1 fully saturated rings. The van der Waals surface area contributed by atoms with Gasteiger partial charge in [-0.15, -0.1) is 24.0 Å². The molecule has 2 aromatic rings. The summed E-state index contributed by atoms with van der Waals surface area (Å²) in [7, 11) is 3.73. The molecular formula is C23H34IN5O2. The highest BCUT2D eigenvalue weighted by molar-refractivity contribution is 14.0. The fourth-order valence-corrected chi connectivity index (χ4v) is 3.44. The van der Waals surface area contributed by atoms with Crippen molar-refractivity contribution in [1.82, 2.24) is 15.2 Å². The van der Waals surface area contributed by atoms with E-state index in [9.17, 15) is 0 Å². The largest absolute Gasteiger partial charge is 0.497 e. The van der Waals surface area contributed by atoms with Gasteiger partial charge in [0.2, 0.25) is 0 Å². The van der Waals surface area contributed by atoms with Crippen LogP contribution in [0.1, 0.15) is 25.0 Å². The average molecular weight is 539 g/mol. The standard InChI is InChI=1S/C23H33N5O2.HI/c1-5-24-23(27(3)17-19-6-9-21(29-4)10-7-19)26-15-20-8-11-22(25-14-20)28-12-13-30-18(2)16-28;/h6-11,14,18H,5,12-13,15-17H2,1-4H3,(H,24,26);1H. The number of morpholine rings is 1. The Bertz CT molecular complexity index is 814. The first-order chi connectivity index (χ1) is 14.6. The van der Waals surface area contributed by atoms with Gasteiger partial charge < -0.3 is 24.6 Å². The van der Waals surface area contributed by atoms with Crippen LogP contribution in [0.2, 0.25) is 0 Å². The van der Waals surface area contributed by atoms with Crippen LogP contribution in [0.15, 0.2) is 47.6 Å². The molecule has 7 nitrogen and oxygen atoms in total. The highest BCUT2D eigenvalue weighted by atomic mass is 127. The van der Waals surface area contributed by atoms with Crippen LogP contribution in [-0.2, 0) is 17.8 Å². The van der Waals surface area contributed by atoms with E-state index in [0.29, 0.717) is 6.54 Å². The lowest BCUT2D eigenvalue weighted by atomic mass is 10.2. The van der Waals surface area contributed by atoms with E-state index in [-0.39, 0.29) is 30.1 Å². The van der Waals surface area contributed by atoms with Crippen molar-refractivity contribution in [2.75, 3.05) is 45.3 Å². The van der Waals surface area contributed by atoms with Crippen molar-refractivity contribution in [3.63, 3.8) is 0 Å². The number of aliphatic imine (C=N–C) groups is 1. The second kappa shape index (κ2) is 12.7. The average Bonchev–Trinajstić information content (AvgIpc) is 2.77. The number of nitrogens with one attached hydrogen (secondary N) is 1. The van der Waals surface area contributed by atoms with E-state index in [1.54, 1.807) is 7.11 Å². The summed E-state index contributed by atoms with van der Waals surface area (Å²) in [4.78, 5) is 13.8. The first kappa shape index (κ1) is 25.2. The van der Waals surface area contributed by atoms with Crippen LogP contribution in [0.5, 0.6) is 5.75 Å². The van der Waals surface area contributed by atoms with Crippen LogP contribution in [-0.4, -0.2) is 62.3 Å². The summed E-state index contributed by atoms with van der Waals surface area (Å²) in [6.45, 7) is 8.86. The second-order valence-electron chi connectivity index (χ2n) is 7.53. The zero-order valence-electron chi connectivity index (χ0n) is 18.9. The maximum atomic E-state index is 5.61. The molecule has 1 aromatic heterocycles. The molecule has 1 saturated heterocycles. The van der Waals surface area contributed by atoms with Crippen LogP contribution in [0.25, 0.3) is 0 Å². The molecule has 0 saturated carbocycles. The van der Waals surface area contributed by atoms with Crippen LogP contribution in [0, 0.1) is 0 Å². The summed E-state index contributed by atoms with van der Waals surface area (Å²) >= 11 is 0. The highest BCUT2D eigenvalue weighted by Crippen LogP contribution is 2.16. The van der Waals surface area contributed by atoms with Gasteiger partial charge in [-0.25, -0.2) is 9.98 Å². The molecule has 0 aliphatic carbocycles. The van der Waals surface area contributed by atoms with Crippen molar-refractivity contribution in [3.05, 3.63) is 53.7 Å². The van der Waals surface area contributed by atoms with E-state index in [2.05, 4.69) is 58.2 Å². The predicted molar refractivity (Wildman–Crippen MR) is 137 cm³/mol. The van der Waals surface area contributed by atoms with Crippen LogP contribution in [0.4, 0.5) is 5.82 Å². The van der Waals surface area contributed by atoms with Crippen molar-refractivity contribution in [3.8, 4) is 5.75 Å². The van der Waals surface area contributed by atoms with Crippen molar-refractivity contribution in [2.45, 2.75) is 33.0 Å². The van der Waals surface area contributed by atoms with E-state index in [4.69, 9.17) is 14.5 Å². The third-order valence-electron chi connectivity index (χ3n) is 5.06. The number of methoxy groups -OCH3 is 1. The Morgan fingerprint density at radius 1 is 1.26 bits per heavy atom. The number of benzene rings is 1. The Hall–Kier alpha value is -2.07. The van der Waals surface area contributed by atoms with Crippen molar-refractivity contribution < 1.29 is 9.47 Å². The minimum absolute atomic E-state index is 0. The van der Waals surface area contributed by atoms with E-state index < -0.39 is 0 Å². The van der Waals surface area contributed by atoms with Gasteiger partial charge in [0.1, 0.15) is 11.6 Å². The Kier molecular flexibility index (Phi) is 10.3. The molecule has 31 heavy (non-hydrogen) atoms. The van der Waals surface area contributed by atoms with Gasteiger partial charge in [0, 0.05) is 39.4 Å². The van der Waals surface area contributed by atoms with Gasteiger partial charge in [-0.05, 0) is 43.2 Å². The number of hydrogen-bond acceptors (Lipinski definition) is 5. The number of anilines is 1. The van der Waals surface area contributed by atoms with Gasteiger partial charge in [0.05, 0.1) is 26.4 Å². The molecule has 8 heteroatoms. The lowest BCUT2D eigenvalue weighted by Gasteiger charge is -2.32. The number of pyridine rings is 1.